The Bertz CT molecular complexity index is 718. The predicted molar refractivity (Wildman–Crippen MR) is 90.9 cm³/mol. The summed E-state index contributed by atoms with van der Waals surface area (Å²) in [6, 6.07) is 8.13. The van der Waals surface area contributed by atoms with Gasteiger partial charge in [-0.1, -0.05) is 41.5 Å². The normalized spacial score (nSPS) is 12.0. The summed E-state index contributed by atoms with van der Waals surface area (Å²) in [6.45, 7) is 8.20. The van der Waals surface area contributed by atoms with Gasteiger partial charge in [0.2, 0.25) is 0 Å². The molecule has 0 saturated carbocycles. The molecule has 4 heteroatoms. The van der Waals surface area contributed by atoms with E-state index in [4.69, 9.17) is 0 Å². The lowest BCUT2D eigenvalue weighted by molar-refractivity contribution is 0.112. The van der Waals surface area contributed by atoms with Crippen LogP contribution >= 0.6 is 8.58 Å². The molecule has 2 nitrogen and oxygen atoms in total. The summed E-state index contributed by atoms with van der Waals surface area (Å²) >= 11 is 0. The standard InChI is InChI=1S/C18H20FO2P/c1-11-7-13(18(2,3)4)9-16(17(11)21)22-15-6-5-14(19)8-12(15)10-20/h5-10,21-22H,1-4H3. The Balaban J connectivity index is 2.50. The summed E-state index contributed by atoms with van der Waals surface area (Å²) in [6.07, 6.45) is 0.656. The molecule has 0 radical (unpaired) electrons. The number of phenols is 1. The smallest absolute Gasteiger partial charge is 0.150 e. The highest BCUT2D eigenvalue weighted by molar-refractivity contribution is 7.56. The van der Waals surface area contributed by atoms with Gasteiger partial charge in [-0.25, -0.2) is 4.39 Å². The zero-order valence-electron chi connectivity index (χ0n) is 13.2. The first-order valence-electron chi connectivity index (χ1n) is 7.08. The van der Waals surface area contributed by atoms with Crippen LogP contribution in [0.3, 0.4) is 0 Å². The number of phenolic OH excluding ortho intramolecular Hbond substituents is 1. The molecule has 0 spiro atoms. The van der Waals surface area contributed by atoms with Crippen LogP contribution in [0, 0.1) is 12.7 Å². The minimum Gasteiger partial charge on any atom is -0.507 e. The Hall–Kier alpha value is -1.73. The molecule has 0 aliphatic rings. The molecule has 2 aromatic rings. The molecule has 2 aromatic carbocycles. The summed E-state index contributed by atoms with van der Waals surface area (Å²) in [5.41, 5.74) is 2.23. The van der Waals surface area contributed by atoms with E-state index in [1.165, 1.54) is 12.1 Å². The Morgan fingerprint density at radius 3 is 2.41 bits per heavy atom. The van der Waals surface area contributed by atoms with E-state index in [2.05, 4.69) is 20.8 Å². The number of hydrogen-bond donors (Lipinski definition) is 1. The van der Waals surface area contributed by atoms with Gasteiger partial charge >= 0.3 is 0 Å². The Kier molecular flexibility index (Phi) is 4.67. The van der Waals surface area contributed by atoms with Crippen molar-refractivity contribution < 1.29 is 14.3 Å². The van der Waals surface area contributed by atoms with E-state index in [1.807, 2.05) is 19.1 Å². The van der Waals surface area contributed by atoms with Crippen LogP contribution in [-0.4, -0.2) is 11.4 Å². The van der Waals surface area contributed by atoms with Crippen molar-refractivity contribution in [1.82, 2.24) is 0 Å². The van der Waals surface area contributed by atoms with Crippen LogP contribution in [0.4, 0.5) is 4.39 Å². The molecule has 1 unspecified atom stereocenters. The Morgan fingerprint density at radius 2 is 1.82 bits per heavy atom. The lowest BCUT2D eigenvalue weighted by atomic mass is 9.86. The molecule has 116 valence electrons. The SMILES string of the molecule is Cc1cc(C(C)(C)C)cc(Pc2ccc(F)cc2C=O)c1O. The van der Waals surface area contributed by atoms with Gasteiger partial charge < -0.3 is 5.11 Å². The quantitative estimate of drug-likeness (QED) is 0.694. The molecule has 1 atom stereocenters. The largest absolute Gasteiger partial charge is 0.507 e. The van der Waals surface area contributed by atoms with Crippen molar-refractivity contribution in [3.05, 3.63) is 52.8 Å². The molecular weight excluding hydrogens is 298 g/mol. The molecule has 0 heterocycles. The van der Waals surface area contributed by atoms with Crippen molar-refractivity contribution in [3.63, 3.8) is 0 Å². The molecule has 22 heavy (non-hydrogen) atoms. The van der Waals surface area contributed by atoms with Crippen molar-refractivity contribution in [3.8, 4) is 5.75 Å². The van der Waals surface area contributed by atoms with Crippen LogP contribution in [0.15, 0.2) is 30.3 Å². The van der Waals surface area contributed by atoms with Crippen LogP contribution in [0.1, 0.15) is 42.3 Å². The summed E-state index contributed by atoms with van der Waals surface area (Å²) in [5, 5.41) is 11.8. The summed E-state index contributed by atoms with van der Waals surface area (Å²) in [5.74, 6) is -0.188. The molecule has 0 aliphatic heterocycles. The number of hydrogen-bond acceptors (Lipinski definition) is 2. The molecule has 0 aliphatic carbocycles. The highest BCUT2D eigenvalue weighted by atomic mass is 31.1. The molecule has 0 saturated heterocycles. The first-order valence-corrected chi connectivity index (χ1v) is 8.08. The molecule has 1 N–H and O–H groups in total. The number of carbonyl (C=O) groups is 1. The van der Waals surface area contributed by atoms with Crippen molar-refractivity contribution in [2.75, 3.05) is 0 Å². The van der Waals surface area contributed by atoms with Crippen LogP contribution in [0.25, 0.3) is 0 Å². The van der Waals surface area contributed by atoms with E-state index in [1.54, 1.807) is 6.07 Å². The van der Waals surface area contributed by atoms with Gasteiger partial charge in [0.1, 0.15) is 11.6 Å². The van der Waals surface area contributed by atoms with Gasteiger partial charge in [-0.05, 0) is 47.0 Å². The third-order valence-corrected chi connectivity index (χ3v) is 4.95. The lowest BCUT2D eigenvalue weighted by Gasteiger charge is -2.22. The average Bonchev–Trinajstić information content (AvgIpc) is 2.44. The van der Waals surface area contributed by atoms with Gasteiger partial charge in [-0.2, -0.15) is 0 Å². The maximum atomic E-state index is 13.2. The number of aromatic hydroxyl groups is 1. The number of carbonyl (C=O) groups excluding carboxylic acids is 1. The van der Waals surface area contributed by atoms with Crippen LogP contribution < -0.4 is 10.6 Å². The highest BCUT2D eigenvalue weighted by Gasteiger charge is 2.18. The number of halogens is 1. The van der Waals surface area contributed by atoms with Crippen LogP contribution in [-0.2, 0) is 5.41 Å². The zero-order valence-corrected chi connectivity index (χ0v) is 14.2. The van der Waals surface area contributed by atoms with Gasteiger partial charge in [-0.15, -0.1) is 0 Å². The van der Waals surface area contributed by atoms with Gasteiger partial charge in [-0.3, -0.25) is 4.79 Å². The Morgan fingerprint density at radius 1 is 1.14 bits per heavy atom. The lowest BCUT2D eigenvalue weighted by Crippen LogP contribution is -2.16. The second kappa shape index (κ2) is 6.18. The van der Waals surface area contributed by atoms with Gasteiger partial charge in [0.25, 0.3) is 0 Å². The van der Waals surface area contributed by atoms with E-state index in [9.17, 15) is 14.3 Å². The van der Waals surface area contributed by atoms with Gasteiger partial charge in [0, 0.05) is 10.9 Å². The zero-order chi connectivity index (χ0) is 16.5. The topological polar surface area (TPSA) is 37.3 Å². The van der Waals surface area contributed by atoms with Gasteiger partial charge in [0.15, 0.2) is 6.29 Å². The second-order valence-corrected chi connectivity index (χ2v) is 7.74. The third-order valence-electron chi connectivity index (χ3n) is 3.58. The van der Waals surface area contributed by atoms with E-state index in [-0.39, 0.29) is 19.7 Å². The Labute approximate surface area is 132 Å². The first kappa shape index (κ1) is 16.6. The van der Waals surface area contributed by atoms with Crippen molar-refractivity contribution in [2.45, 2.75) is 33.1 Å². The average molecular weight is 318 g/mol. The fourth-order valence-corrected chi connectivity index (χ4v) is 3.47. The number of aldehydes is 1. The summed E-state index contributed by atoms with van der Waals surface area (Å²) in [7, 11) is 0.102. The fourth-order valence-electron chi connectivity index (χ4n) is 2.20. The molecule has 0 amide bonds. The third kappa shape index (κ3) is 3.53. The first-order chi connectivity index (χ1) is 10.2. The summed E-state index contributed by atoms with van der Waals surface area (Å²) < 4.78 is 13.2. The molecule has 0 fully saturated rings. The minimum atomic E-state index is -0.431. The number of rotatable bonds is 3. The molecule has 2 rings (SSSR count). The fraction of sp³-hybridized carbons (Fsp3) is 0.278. The van der Waals surface area contributed by atoms with Crippen LogP contribution in [0.2, 0.25) is 0 Å². The van der Waals surface area contributed by atoms with Crippen molar-refractivity contribution >= 4 is 25.5 Å². The maximum absolute atomic E-state index is 13.2. The van der Waals surface area contributed by atoms with Gasteiger partial charge in [0.05, 0.1) is 0 Å². The van der Waals surface area contributed by atoms with E-state index >= 15 is 0 Å². The molecule has 0 aromatic heterocycles. The molecule has 0 bridgehead atoms. The monoisotopic (exact) mass is 318 g/mol. The second-order valence-electron chi connectivity index (χ2n) is 6.41. The van der Waals surface area contributed by atoms with Crippen LogP contribution in [0.5, 0.6) is 5.75 Å². The highest BCUT2D eigenvalue weighted by Crippen LogP contribution is 2.30. The molecular formula is C18H20FO2P. The predicted octanol–water partition coefficient (Wildman–Crippen LogP) is 3.58. The minimum absolute atomic E-state index is 0.0338. The van der Waals surface area contributed by atoms with E-state index in [0.29, 0.717) is 11.8 Å². The van der Waals surface area contributed by atoms with E-state index < -0.39 is 5.82 Å². The number of benzene rings is 2. The summed E-state index contributed by atoms with van der Waals surface area (Å²) in [4.78, 5) is 11.1. The van der Waals surface area contributed by atoms with Crippen molar-refractivity contribution in [1.29, 1.82) is 0 Å². The maximum Gasteiger partial charge on any atom is 0.150 e. The number of aryl methyl sites for hydroxylation is 1. The van der Waals surface area contributed by atoms with Crippen molar-refractivity contribution in [2.24, 2.45) is 0 Å². The van der Waals surface area contributed by atoms with E-state index in [0.717, 1.165) is 21.7 Å².